The molecule has 2 N–H and O–H groups in total. The Labute approximate surface area is 159 Å². The topological polar surface area (TPSA) is 86.6 Å². The first-order chi connectivity index (χ1) is 12.9. The lowest BCUT2D eigenvalue weighted by molar-refractivity contribution is 0.252. The summed E-state index contributed by atoms with van der Waals surface area (Å²) in [6, 6.07) is 3.06. The fourth-order valence-electron chi connectivity index (χ4n) is 3.03. The molecule has 0 saturated heterocycles. The van der Waals surface area contributed by atoms with Gasteiger partial charge in [0, 0.05) is 30.9 Å². The third kappa shape index (κ3) is 4.64. The first kappa shape index (κ1) is 20.4. The second-order valence-corrected chi connectivity index (χ2v) is 6.01. The molecule has 2 aromatic rings. The van der Waals surface area contributed by atoms with Crippen molar-refractivity contribution < 1.29 is 19.0 Å². The molecule has 27 heavy (non-hydrogen) atoms. The van der Waals surface area contributed by atoms with Gasteiger partial charge in [0.05, 0.1) is 32.7 Å². The van der Waals surface area contributed by atoms with Crippen molar-refractivity contribution in [2.24, 2.45) is 0 Å². The van der Waals surface area contributed by atoms with Crippen molar-refractivity contribution in [1.82, 2.24) is 15.1 Å². The minimum Gasteiger partial charge on any atom is -0.493 e. The Morgan fingerprint density at radius 2 is 1.74 bits per heavy atom. The lowest BCUT2D eigenvalue weighted by atomic mass is 10.1. The van der Waals surface area contributed by atoms with Gasteiger partial charge in [-0.2, -0.15) is 5.10 Å². The lowest BCUT2D eigenvalue weighted by Gasteiger charge is -2.15. The van der Waals surface area contributed by atoms with Crippen LogP contribution in [0.4, 0.5) is 10.5 Å². The molecule has 0 aliphatic heterocycles. The summed E-state index contributed by atoms with van der Waals surface area (Å²) in [6.45, 7) is 7.45. The molecule has 2 rings (SSSR count). The Morgan fingerprint density at radius 3 is 2.22 bits per heavy atom. The number of aryl methyl sites for hydroxylation is 2. The molecule has 1 aromatic heterocycles. The number of nitrogens with one attached hydrogen (secondary N) is 2. The number of hydrogen-bond donors (Lipinski definition) is 2. The molecule has 148 valence electrons. The normalized spacial score (nSPS) is 10.4. The van der Waals surface area contributed by atoms with Gasteiger partial charge < -0.3 is 24.8 Å². The van der Waals surface area contributed by atoms with Crippen molar-refractivity contribution in [1.29, 1.82) is 0 Å². The number of nitrogens with zero attached hydrogens (tertiary/aromatic N) is 2. The zero-order chi connectivity index (χ0) is 20.0. The van der Waals surface area contributed by atoms with Gasteiger partial charge in [-0.05, 0) is 32.8 Å². The minimum absolute atomic E-state index is 0.303. The molecule has 0 bridgehead atoms. The van der Waals surface area contributed by atoms with Crippen LogP contribution >= 0.6 is 0 Å². The average Bonchev–Trinajstić information content (AvgIpc) is 2.94. The molecule has 8 heteroatoms. The molecule has 1 aromatic carbocycles. The summed E-state index contributed by atoms with van der Waals surface area (Å²) in [5.74, 6) is 1.43. The summed E-state index contributed by atoms with van der Waals surface area (Å²) in [5.41, 5.74) is 3.86. The van der Waals surface area contributed by atoms with Crippen molar-refractivity contribution in [3.63, 3.8) is 0 Å². The van der Waals surface area contributed by atoms with Gasteiger partial charge in [-0.15, -0.1) is 0 Å². The quantitative estimate of drug-likeness (QED) is 0.740. The van der Waals surface area contributed by atoms with Gasteiger partial charge in [0.1, 0.15) is 0 Å². The lowest BCUT2D eigenvalue weighted by Crippen LogP contribution is -2.30. The molecule has 0 saturated carbocycles. The predicted molar refractivity (Wildman–Crippen MR) is 104 cm³/mol. The third-order valence-corrected chi connectivity index (χ3v) is 4.41. The fourth-order valence-corrected chi connectivity index (χ4v) is 3.03. The summed E-state index contributed by atoms with van der Waals surface area (Å²) < 4.78 is 17.8. The summed E-state index contributed by atoms with van der Waals surface area (Å²) in [7, 11) is 4.59. The maximum Gasteiger partial charge on any atom is 0.319 e. The van der Waals surface area contributed by atoms with E-state index in [-0.39, 0.29) is 6.03 Å². The van der Waals surface area contributed by atoms with Gasteiger partial charge in [-0.1, -0.05) is 0 Å². The van der Waals surface area contributed by atoms with E-state index in [0.717, 1.165) is 24.4 Å². The first-order valence-electron chi connectivity index (χ1n) is 8.82. The van der Waals surface area contributed by atoms with Crippen LogP contribution in [0.3, 0.4) is 0 Å². The molecule has 2 amide bonds. The average molecular weight is 376 g/mol. The maximum absolute atomic E-state index is 12.2. The van der Waals surface area contributed by atoms with Gasteiger partial charge in [-0.3, -0.25) is 4.68 Å². The van der Waals surface area contributed by atoms with Crippen LogP contribution in [0, 0.1) is 13.8 Å². The van der Waals surface area contributed by atoms with E-state index in [9.17, 15) is 4.79 Å². The number of hydrogen-bond acceptors (Lipinski definition) is 5. The number of benzene rings is 1. The number of urea groups is 1. The van der Waals surface area contributed by atoms with Crippen molar-refractivity contribution in [3.05, 3.63) is 29.1 Å². The van der Waals surface area contributed by atoms with E-state index in [1.807, 2.05) is 11.6 Å². The number of carbonyl (C=O) groups excluding carboxylic acids is 1. The molecule has 0 aliphatic carbocycles. The Bertz CT molecular complexity index is 776. The molecule has 0 aliphatic rings. The van der Waals surface area contributed by atoms with Crippen LogP contribution in [-0.4, -0.2) is 43.7 Å². The third-order valence-electron chi connectivity index (χ3n) is 4.41. The van der Waals surface area contributed by atoms with Crippen molar-refractivity contribution in [2.75, 3.05) is 33.2 Å². The number of amides is 2. The summed E-state index contributed by atoms with van der Waals surface area (Å²) >= 11 is 0. The molecule has 0 spiro atoms. The Hall–Kier alpha value is -2.90. The van der Waals surface area contributed by atoms with Crippen LogP contribution in [0.1, 0.15) is 23.9 Å². The number of ether oxygens (including phenoxy) is 3. The van der Waals surface area contributed by atoms with Crippen molar-refractivity contribution in [3.8, 4) is 17.2 Å². The maximum atomic E-state index is 12.2. The fraction of sp³-hybridized carbons (Fsp3) is 0.474. The Morgan fingerprint density at radius 1 is 1.11 bits per heavy atom. The summed E-state index contributed by atoms with van der Waals surface area (Å²) in [4.78, 5) is 12.2. The number of methoxy groups -OCH3 is 3. The highest BCUT2D eigenvalue weighted by Crippen LogP contribution is 2.39. The Balaban J connectivity index is 1.99. The number of aromatic nitrogens is 2. The molecular weight excluding hydrogens is 348 g/mol. The predicted octanol–water partition coefficient (Wildman–Crippen LogP) is 2.91. The zero-order valence-corrected chi connectivity index (χ0v) is 16.8. The zero-order valence-electron chi connectivity index (χ0n) is 16.8. The van der Waals surface area contributed by atoms with E-state index in [1.165, 1.54) is 26.9 Å². The van der Waals surface area contributed by atoms with E-state index in [1.54, 1.807) is 12.1 Å². The highest BCUT2D eigenvalue weighted by atomic mass is 16.5. The van der Waals surface area contributed by atoms with Gasteiger partial charge in [0.2, 0.25) is 5.75 Å². The van der Waals surface area contributed by atoms with E-state index in [4.69, 9.17) is 14.2 Å². The summed E-state index contributed by atoms with van der Waals surface area (Å²) in [5, 5.41) is 10.2. The molecule has 0 radical (unpaired) electrons. The molecule has 1 heterocycles. The van der Waals surface area contributed by atoms with Crippen LogP contribution in [-0.2, 0) is 13.0 Å². The number of anilines is 1. The van der Waals surface area contributed by atoms with Gasteiger partial charge in [0.15, 0.2) is 11.5 Å². The SMILES string of the molecule is CCn1nc(C)c(CCNC(=O)Nc2cc(OC)c(OC)c(OC)c2)c1C. The monoisotopic (exact) mass is 376 g/mol. The Kier molecular flexibility index (Phi) is 6.92. The molecule has 0 unspecified atom stereocenters. The number of carbonyl (C=O) groups is 1. The smallest absolute Gasteiger partial charge is 0.319 e. The van der Waals surface area contributed by atoms with Crippen LogP contribution in [0.25, 0.3) is 0 Å². The van der Waals surface area contributed by atoms with Crippen LogP contribution < -0.4 is 24.8 Å². The minimum atomic E-state index is -0.303. The van der Waals surface area contributed by atoms with E-state index < -0.39 is 0 Å². The summed E-state index contributed by atoms with van der Waals surface area (Å²) in [6.07, 6.45) is 0.723. The van der Waals surface area contributed by atoms with Crippen molar-refractivity contribution in [2.45, 2.75) is 33.7 Å². The largest absolute Gasteiger partial charge is 0.493 e. The van der Waals surface area contributed by atoms with E-state index in [2.05, 4.69) is 29.6 Å². The van der Waals surface area contributed by atoms with Crippen LogP contribution in [0.5, 0.6) is 17.2 Å². The molecule has 8 nitrogen and oxygen atoms in total. The van der Waals surface area contributed by atoms with E-state index >= 15 is 0 Å². The first-order valence-corrected chi connectivity index (χ1v) is 8.82. The molecule has 0 fully saturated rings. The van der Waals surface area contributed by atoms with Gasteiger partial charge in [0.25, 0.3) is 0 Å². The molecular formula is C19H28N4O4. The van der Waals surface area contributed by atoms with Crippen molar-refractivity contribution >= 4 is 11.7 Å². The second kappa shape index (κ2) is 9.16. The number of rotatable bonds is 8. The van der Waals surface area contributed by atoms with Gasteiger partial charge >= 0.3 is 6.03 Å². The molecule has 0 atom stereocenters. The second-order valence-electron chi connectivity index (χ2n) is 6.01. The van der Waals surface area contributed by atoms with Gasteiger partial charge in [-0.25, -0.2) is 4.79 Å². The van der Waals surface area contributed by atoms with Crippen LogP contribution in [0.2, 0.25) is 0 Å². The highest BCUT2D eigenvalue weighted by molar-refractivity contribution is 5.90. The van der Waals surface area contributed by atoms with E-state index in [0.29, 0.717) is 29.5 Å². The van der Waals surface area contributed by atoms with Crippen LogP contribution in [0.15, 0.2) is 12.1 Å². The standard InChI is InChI=1S/C19H28N4O4/c1-7-23-13(3)15(12(2)22-23)8-9-20-19(24)21-14-10-16(25-4)18(27-6)17(11-14)26-5/h10-11H,7-9H2,1-6H3,(H2,20,21,24). The highest BCUT2D eigenvalue weighted by Gasteiger charge is 2.15.